The number of nitrogens with zero attached hydrogens (tertiary/aromatic N) is 2. The van der Waals surface area contributed by atoms with Crippen LogP contribution in [-0.2, 0) is 21.7 Å². The SMILES string of the molecule is N=[S@@](=O)(CCN)Cc1cc(Nc2ncc(F)c(-c3ccc(F)cc3F)n2)cc(C(F)(F)F)c1. The van der Waals surface area contributed by atoms with Crippen LogP contribution in [-0.4, -0.2) is 26.5 Å². The third-order valence-electron chi connectivity index (χ3n) is 4.35. The summed E-state index contributed by atoms with van der Waals surface area (Å²) < 4.78 is 102. The summed E-state index contributed by atoms with van der Waals surface area (Å²) in [6, 6.07) is 5.09. The van der Waals surface area contributed by atoms with Crippen LogP contribution < -0.4 is 11.1 Å². The van der Waals surface area contributed by atoms with Crippen molar-refractivity contribution in [2.45, 2.75) is 11.9 Å². The zero-order valence-electron chi connectivity index (χ0n) is 16.7. The smallest absolute Gasteiger partial charge is 0.330 e. The van der Waals surface area contributed by atoms with E-state index >= 15 is 0 Å². The summed E-state index contributed by atoms with van der Waals surface area (Å²) in [6.45, 7) is -0.0709. The Hall–Kier alpha value is -3.19. The number of alkyl halides is 3. The van der Waals surface area contributed by atoms with E-state index in [4.69, 9.17) is 10.5 Å². The zero-order chi connectivity index (χ0) is 24.4. The van der Waals surface area contributed by atoms with E-state index in [2.05, 4.69) is 15.3 Å². The quantitative estimate of drug-likeness (QED) is 0.413. The third kappa shape index (κ3) is 6.20. The van der Waals surface area contributed by atoms with Gasteiger partial charge in [0.05, 0.1) is 17.5 Å². The second-order valence-electron chi connectivity index (χ2n) is 7.00. The van der Waals surface area contributed by atoms with Crippen LogP contribution in [0.3, 0.4) is 0 Å². The Kier molecular flexibility index (Phi) is 6.93. The van der Waals surface area contributed by atoms with Gasteiger partial charge in [-0.25, -0.2) is 27.3 Å². The lowest BCUT2D eigenvalue weighted by Gasteiger charge is -2.14. The summed E-state index contributed by atoms with van der Waals surface area (Å²) in [6.07, 6.45) is -4.07. The van der Waals surface area contributed by atoms with E-state index in [0.29, 0.717) is 12.3 Å². The lowest BCUT2D eigenvalue weighted by Crippen LogP contribution is -2.16. The highest BCUT2D eigenvalue weighted by molar-refractivity contribution is 7.91. The van der Waals surface area contributed by atoms with Crippen LogP contribution in [0.25, 0.3) is 11.3 Å². The Morgan fingerprint density at radius 2 is 1.79 bits per heavy atom. The van der Waals surface area contributed by atoms with Crippen molar-refractivity contribution in [3.05, 3.63) is 71.2 Å². The summed E-state index contributed by atoms with van der Waals surface area (Å²) in [5.74, 6) is -4.05. The predicted molar refractivity (Wildman–Crippen MR) is 111 cm³/mol. The van der Waals surface area contributed by atoms with Crippen LogP contribution in [0.5, 0.6) is 0 Å². The van der Waals surface area contributed by atoms with Crippen molar-refractivity contribution in [2.24, 2.45) is 5.73 Å². The Balaban J connectivity index is 2.01. The first-order valence-corrected chi connectivity index (χ1v) is 11.2. The van der Waals surface area contributed by atoms with Gasteiger partial charge in [-0.1, -0.05) is 0 Å². The van der Waals surface area contributed by atoms with Gasteiger partial charge in [0.2, 0.25) is 5.95 Å². The van der Waals surface area contributed by atoms with E-state index in [-0.39, 0.29) is 35.1 Å². The second kappa shape index (κ2) is 9.35. The molecule has 0 aliphatic rings. The van der Waals surface area contributed by atoms with E-state index in [1.807, 2.05) is 0 Å². The van der Waals surface area contributed by atoms with E-state index < -0.39 is 50.4 Å². The highest BCUT2D eigenvalue weighted by Crippen LogP contribution is 2.33. The summed E-state index contributed by atoms with van der Waals surface area (Å²) in [4.78, 5) is 7.45. The van der Waals surface area contributed by atoms with Crippen LogP contribution in [0.4, 0.5) is 38.0 Å². The molecule has 3 aromatic rings. The molecule has 3 rings (SSSR count). The molecule has 0 fully saturated rings. The maximum absolute atomic E-state index is 14.2. The topological polar surface area (TPSA) is 105 Å². The minimum Gasteiger partial charge on any atom is -0.330 e. The van der Waals surface area contributed by atoms with Crippen molar-refractivity contribution in [3.8, 4) is 11.3 Å². The Morgan fingerprint density at radius 3 is 2.42 bits per heavy atom. The first-order chi connectivity index (χ1) is 15.4. The van der Waals surface area contributed by atoms with E-state index in [9.17, 15) is 30.6 Å². The fourth-order valence-electron chi connectivity index (χ4n) is 2.97. The van der Waals surface area contributed by atoms with Gasteiger partial charge in [-0.15, -0.1) is 0 Å². The number of aromatic nitrogens is 2. The molecule has 1 atom stereocenters. The molecule has 0 saturated heterocycles. The van der Waals surface area contributed by atoms with Gasteiger partial charge in [0, 0.05) is 39.3 Å². The molecule has 1 heterocycles. The number of anilines is 2. The minimum atomic E-state index is -4.75. The summed E-state index contributed by atoms with van der Waals surface area (Å²) >= 11 is 0. The van der Waals surface area contributed by atoms with Crippen molar-refractivity contribution in [1.82, 2.24) is 9.97 Å². The molecular formula is C20H17F6N5OS. The Bertz CT molecular complexity index is 1280. The van der Waals surface area contributed by atoms with E-state index in [1.165, 1.54) is 6.07 Å². The lowest BCUT2D eigenvalue weighted by atomic mass is 10.1. The van der Waals surface area contributed by atoms with Gasteiger partial charge >= 0.3 is 6.18 Å². The molecule has 0 radical (unpaired) electrons. The molecule has 33 heavy (non-hydrogen) atoms. The van der Waals surface area contributed by atoms with Gasteiger partial charge in [0.25, 0.3) is 0 Å². The average Bonchev–Trinajstić information content (AvgIpc) is 2.68. The molecule has 0 unspecified atom stereocenters. The van der Waals surface area contributed by atoms with E-state index in [1.54, 1.807) is 0 Å². The minimum absolute atomic E-state index is 0.0484. The van der Waals surface area contributed by atoms with Crippen molar-refractivity contribution < 1.29 is 30.6 Å². The number of hydrogen-bond acceptors (Lipinski definition) is 6. The fraction of sp³-hybridized carbons (Fsp3) is 0.200. The number of nitrogens with two attached hydrogens (primary N) is 1. The normalized spacial score (nSPS) is 13.5. The number of benzene rings is 2. The molecule has 13 heteroatoms. The molecule has 0 saturated carbocycles. The molecule has 4 N–H and O–H groups in total. The molecule has 1 aromatic heterocycles. The summed E-state index contributed by atoms with van der Waals surface area (Å²) in [7, 11) is -3.27. The first kappa shape index (κ1) is 24.5. The van der Waals surface area contributed by atoms with Crippen LogP contribution in [0.1, 0.15) is 11.1 Å². The average molecular weight is 489 g/mol. The van der Waals surface area contributed by atoms with Crippen molar-refractivity contribution in [2.75, 3.05) is 17.6 Å². The highest BCUT2D eigenvalue weighted by Gasteiger charge is 2.31. The fourth-order valence-corrected chi connectivity index (χ4v) is 4.20. The third-order valence-corrected chi connectivity index (χ3v) is 6.05. The van der Waals surface area contributed by atoms with Gasteiger partial charge in [-0.05, 0) is 35.9 Å². The number of nitrogens with one attached hydrogen (secondary N) is 2. The van der Waals surface area contributed by atoms with Gasteiger partial charge in [-0.2, -0.15) is 13.2 Å². The molecule has 0 bridgehead atoms. The maximum Gasteiger partial charge on any atom is 0.416 e. The molecular weight excluding hydrogens is 472 g/mol. The summed E-state index contributed by atoms with van der Waals surface area (Å²) in [5, 5.41) is 2.48. The Labute approximate surface area is 184 Å². The van der Waals surface area contributed by atoms with E-state index in [0.717, 1.165) is 24.3 Å². The van der Waals surface area contributed by atoms with Crippen molar-refractivity contribution in [3.63, 3.8) is 0 Å². The first-order valence-electron chi connectivity index (χ1n) is 9.28. The van der Waals surface area contributed by atoms with Crippen LogP contribution in [0.2, 0.25) is 0 Å². The Morgan fingerprint density at radius 1 is 1.06 bits per heavy atom. The lowest BCUT2D eigenvalue weighted by molar-refractivity contribution is -0.137. The van der Waals surface area contributed by atoms with Gasteiger partial charge in [0.15, 0.2) is 5.82 Å². The standard InChI is InChI=1S/C20H17F6N5OS/c21-13-1-2-15(16(22)8-13)18-17(23)9-29-19(31-18)30-14-6-11(10-33(28,32)4-3-27)5-12(7-14)20(24,25)26/h1-2,5-9,28H,3-4,10,27H2,(H,29,30,31)/t33-/m1/s1. The van der Waals surface area contributed by atoms with Crippen LogP contribution in [0.15, 0.2) is 42.6 Å². The second-order valence-corrected chi connectivity index (χ2v) is 9.33. The van der Waals surface area contributed by atoms with Crippen LogP contribution >= 0.6 is 0 Å². The molecule has 0 spiro atoms. The predicted octanol–water partition coefficient (Wildman–Crippen LogP) is 4.83. The largest absolute Gasteiger partial charge is 0.416 e. The van der Waals surface area contributed by atoms with Gasteiger partial charge < -0.3 is 11.1 Å². The maximum atomic E-state index is 14.2. The molecule has 0 aliphatic heterocycles. The zero-order valence-corrected chi connectivity index (χ0v) is 17.5. The van der Waals surface area contributed by atoms with Crippen molar-refractivity contribution >= 4 is 21.4 Å². The van der Waals surface area contributed by atoms with Crippen LogP contribution in [0, 0.1) is 22.2 Å². The monoisotopic (exact) mass is 489 g/mol. The summed E-state index contributed by atoms with van der Waals surface area (Å²) in [5.41, 5.74) is 3.08. The molecule has 6 nitrogen and oxygen atoms in total. The van der Waals surface area contributed by atoms with Crippen molar-refractivity contribution in [1.29, 1.82) is 4.78 Å². The van der Waals surface area contributed by atoms with Gasteiger partial charge in [0.1, 0.15) is 17.3 Å². The molecule has 176 valence electrons. The molecule has 0 amide bonds. The highest BCUT2D eigenvalue weighted by atomic mass is 32.2. The molecule has 0 aliphatic carbocycles. The van der Waals surface area contributed by atoms with Gasteiger partial charge in [-0.3, -0.25) is 4.78 Å². The number of hydrogen-bond donors (Lipinski definition) is 3. The molecule has 2 aromatic carbocycles. The number of halogens is 6. The number of rotatable bonds is 7.